The molecule has 0 atom stereocenters. The van der Waals surface area contributed by atoms with Crippen LogP contribution in [0.2, 0.25) is 0 Å². The lowest BCUT2D eigenvalue weighted by Crippen LogP contribution is -2.20. The largest absolute Gasteiger partial charge is 0.384 e. The molecule has 0 aliphatic carbocycles. The summed E-state index contributed by atoms with van der Waals surface area (Å²) in [6.07, 6.45) is 2.55. The van der Waals surface area contributed by atoms with Gasteiger partial charge < -0.3 is 10.6 Å². The fourth-order valence-electron chi connectivity index (χ4n) is 2.11. The van der Waals surface area contributed by atoms with E-state index in [0.717, 1.165) is 17.7 Å². The first-order valence-electron chi connectivity index (χ1n) is 7.17. The molecule has 1 amide bonds. The summed E-state index contributed by atoms with van der Waals surface area (Å²) in [5.41, 5.74) is 2.74. The van der Waals surface area contributed by atoms with Gasteiger partial charge in [-0.25, -0.2) is 0 Å². The highest BCUT2D eigenvalue weighted by Gasteiger charge is 2.15. The van der Waals surface area contributed by atoms with Gasteiger partial charge in [0.1, 0.15) is 0 Å². The molecule has 0 aliphatic rings. The maximum atomic E-state index is 11.9. The van der Waals surface area contributed by atoms with Crippen molar-refractivity contribution in [1.82, 2.24) is 10.3 Å². The predicted molar refractivity (Wildman–Crippen MR) is 87.7 cm³/mol. The molecule has 1 aromatic heterocycles. The van der Waals surface area contributed by atoms with E-state index in [4.69, 9.17) is 0 Å². The number of nitro benzene ring substituents is 1. The normalized spacial score (nSPS) is 10.2. The number of nitro groups is 1. The van der Waals surface area contributed by atoms with E-state index in [-0.39, 0.29) is 17.2 Å². The van der Waals surface area contributed by atoms with Crippen LogP contribution in [0.1, 0.15) is 21.6 Å². The lowest BCUT2D eigenvalue weighted by Gasteiger charge is -2.11. The number of benzene rings is 1. The van der Waals surface area contributed by atoms with Crippen molar-refractivity contribution < 1.29 is 9.72 Å². The lowest BCUT2D eigenvalue weighted by molar-refractivity contribution is -0.384. The standard InChI is InChI=1S/C16H18N4O3/c1-11-3-4-12(10-19-11)7-8-18-15-6-5-13(20(22)23)9-14(15)16(21)17-2/h3-6,9-10,18H,7-8H2,1-2H3,(H,17,21). The number of nitrogens with zero attached hydrogens (tertiary/aromatic N) is 2. The molecule has 120 valence electrons. The van der Waals surface area contributed by atoms with Crippen LogP contribution in [0.4, 0.5) is 11.4 Å². The van der Waals surface area contributed by atoms with Crippen molar-refractivity contribution in [2.45, 2.75) is 13.3 Å². The summed E-state index contributed by atoms with van der Waals surface area (Å²) in [5.74, 6) is -0.367. The Morgan fingerprint density at radius 3 is 2.70 bits per heavy atom. The number of aromatic nitrogens is 1. The topological polar surface area (TPSA) is 97.2 Å². The summed E-state index contributed by atoms with van der Waals surface area (Å²) in [6.45, 7) is 2.51. The molecular formula is C16H18N4O3. The molecule has 0 radical (unpaired) electrons. The van der Waals surface area contributed by atoms with Crippen LogP contribution in [0.5, 0.6) is 0 Å². The van der Waals surface area contributed by atoms with Crippen molar-refractivity contribution in [3.05, 3.63) is 63.5 Å². The Morgan fingerprint density at radius 1 is 1.30 bits per heavy atom. The Bertz CT molecular complexity index is 714. The van der Waals surface area contributed by atoms with Crippen LogP contribution in [0, 0.1) is 17.0 Å². The van der Waals surface area contributed by atoms with E-state index in [9.17, 15) is 14.9 Å². The molecule has 0 saturated carbocycles. The van der Waals surface area contributed by atoms with Gasteiger partial charge in [0.15, 0.2) is 0 Å². The molecule has 7 nitrogen and oxygen atoms in total. The molecule has 0 fully saturated rings. The highest BCUT2D eigenvalue weighted by Crippen LogP contribution is 2.22. The number of anilines is 1. The maximum absolute atomic E-state index is 11.9. The lowest BCUT2D eigenvalue weighted by atomic mass is 10.1. The highest BCUT2D eigenvalue weighted by molar-refractivity contribution is 6.00. The minimum Gasteiger partial charge on any atom is -0.384 e. The molecule has 2 rings (SSSR count). The third-order valence-electron chi connectivity index (χ3n) is 3.39. The van der Waals surface area contributed by atoms with E-state index in [0.29, 0.717) is 12.2 Å². The van der Waals surface area contributed by atoms with Crippen LogP contribution in [0.25, 0.3) is 0 Å². The van der Waals surface area contributed by atoms with Gasteiger partial charge in [0.25, 0.3) is 11.6 Å². The van der Waals surface area contributed by atoms with Crippen LogP contribution in [-0.2, 0) is 6.42 Å². The molecule has 0 unspecified atom stereocenters. The molecule has 0 spiro atoms. The molecule has 1 aromatic carbocycles. The monoisotopic (exact) mass is 314 g/mol. The van der Waals surface area contributed by atoms with Crippen LogP contribution in [0.15, 0.2) is 36.5 Å². The van der Waals surface area contributed by atoms with Crippen molar-refractivity contribution in [2.75, 3.05) is 18.9 Å². The molecule has 2 N–H and O–H groups in total. The quantitative estimate of drug-likeness (QED) is 0.630. The zero-order chi connectivity index (χ0) is 16.8. The van der Waals surface area contributed by atoms with Gasteiger partial charge >= 0.3 is 0 Å². The number of pyridine rings is 1. The second-order valence-electron chi connectivity index (χ2n) is 5.05. The average Bonchev–Trinajstić information content (AvgIpc) is 2.56. The average molecular weight is 314 g/mol. The van der Waals surface area contributed by atoms with Crippen LogP contribution in [-0.4, -0.2) is 29.4 Å². The van der Waals surface area contributed by atoms with Crippen LogP contribution < -0.4 is 10.6 Å². The van der Waals surface area contributed by atoms with Gasteiger partial charge in [-0.2, -0.15) is 0 Å². The number of hydrogen-bond donors (Lipinski definition) is 2. The third kappa shape index (κ3) is 4.26. The summed E-state index contributed by atoms with van der Waals surface area (Å²) < 4.78 is 0. The number of amides is 1. The van der Waals surface area contributed by atoms with Gasteiger partial charge in [-0.1, -0.05) is 6.07 Å². The van der Waals surface area contributed by atoms with Gasteiger partial charge in [-0.15, -0.1) is 0 Å². The SMILES string of the molecule is CNC(=O)c1cc([N+](=O)[O-])ccc1NCCc1ccc(C)nc1. The first-order valence-corrected chi connectivity index (χ1v) is 7.17. The second kappa shape index (κ2) is 7.35. The molecule has 23 heavy (non-hydrogen) atoms. The van der Waals surface area contributed by atoms with E-state index in [2.05, 4.69) is 15.6 Å². The number of carbonyl (C=O) groups is 1. The van der Waals surface area contributed by atoms with Gasteiger partial charge in [0.2, 0.25) is 0 Å². The van der Waals surface area contributed by atoms with Gasteiger partial charge in [0.05, 0.1) is 10.5 Å². The highest BCUT2D eigenvalue weighted by atomic mass is 16.6. The zero-order valence-electron chi connectivity index (χ0n) is 13.0. The van der Waals surface area contributed by atoms with Gasteiger partial charge in [0, 0.05) is 43.3 Å². The number of carbonyl (C=O) groups excluding carboxylic acids is 1. The van der Waals surface area contributed by atoms with E-state index in [1.165, 1.54) is 19.2 Å². The van der Waals surface area contributed by atoms with Crippen molar-refractivity contribution in [2.24, 2.45) is 0 Å². The van der Waals surface area contributed by atoms with Crippen molar-refractivity contribution in [1.29, 1.82) is 0 Å². The summed E-state index contributed by atoms with van der Waals surface area (Å²) in [4.78, 5) is 26.5. The van der Waals surface area contributed by atoms with Crippen molar-refractivity contribution in [3.63, 3.8) is 0 Å². The molecule has 0 bridgehead atoms. The molecule has 1 heterocycles. The molecule has 7 heteroatoms. The maximum Gasteiger partial charge on any atom is 0.270 e. The molecule has 0 saturated heterocycles. The fraction of sp³-hybridized carbons (Fsp3) is 0.250. The number of hydrogen-bond acceptors (Lipinski definition) is 5. The van der Waals surface area contributed by atoms with E-state index < -0.39 is 4.92 Å². The van der Waals surface area contributed by atoms with Crippen molar-refractivity contribution >= 4 is 17.3 Å². The van der Waals surface area contributed by atoms with Crippen LogP contribution in [0.3, 0.4) is 0 Å². The Hall–Kier alpha value is -2.96. The first kappa shape index (κ1) is 16.4. The molecular weight excluding hydrogens is 296 g/mol. The van der Waals surface area contributed by atoms with Crippen molar-refractivity contribution in [3.8, 4) is 0 Å². The Kier molecular flexibility index (Phi) is 5.24. The third-order valence-corrected chi connectivity index (χ3v) is 3.39. The molecule has 2 aromatic rings. The Balaban J connectivity index is 2.10. The number of aryl methyl sites for hydroxylation is 1. The van der Waals surface area contributed by atoms with Crippen LogP contribution >= 0.6 is 0 Å². The summed E-state index contributed by atoms with van der Waals surface area (Å²) in [6, 6.07) is 8.14. The Morgan fingerprint density at radius 2 is 2.09 bits per heavy atom. The second-order valence-corrected chi connectivity index (χ2v) is 5.05. The summed E-state index contributed by atoms with van der Waals surface area (Å²) in [7, 11) is 1.49. The van der Waals surface area contributed by atoms with E-state index >= 15 is 0 Å². The smallest absolute Gasteiger partial charge is 0.270 e. The zero-order valence-corrected chi connectivity index (χ0v) is 13.0. The van der Waals surface area contributed by atoms with Gasteiger partial charge in [-0.3, -0.25) is 19.9 Å². The molecule has 0 aliphatic heterocycles. The first-order chi connectivity index (χ1) is 11.0. The number of non-ortho nitro benzene ring substituents is 1. The van der Waals surface area contributed by atoms with E-state index in [1.807, 2.05) is 25.3 Å². The fourth-order valence-corrected chi connectivity index (χ4v) is 2.11. The van der Waals surface area contributed by atoms with Gasteiger partial charge in [-0.05, 0) is 31.0 Å². The predicted octanol–water partition coefficient (Wildman–Crippen LogP) is 2.31. The van der Waals surface area contributed by atoms with E-state index in [1.54, 1.807) is 6.07 Å². The number of rotatable bonds is 6. The summed E-state index contributed by atoms with van der Waals surface area (Å²) in [5, 5.41) is 16.5. The summed E-state index contributed by atoms with van der Waals surface area (Å²) >= 11 is 0. The number of nitrogens with one attached hydrogen (secondary N) is 2. The Labute approximate surface area is 133 Å². The minimum absolute atomic E-state index is 0.114. The minimum atomic E-state index is -0.520.